The molecule has 5 nitrogen and oxygen atoms in total. The number of carbonyl (C=O) groups excluding carboxylic acids is 2. The van der Waals surface area contributed by atoms with E-state index < -0.39 is 52.8 Å². The smallest absolute Gasteiger partial charge is 0.326 e. The molecule has 38 heavy (non-hydrogen) atoms. The van der Waals surface area contributed by atoms with Crippen LogP contribution in [-0.2, 0) is 21.9 Å². The second kappa shape index (κ2) is 12.2. The topological polar surface area (TPSA) is 52.7 Å². The highest BCUT2D eigenvalue weighted by Gasteiger charge is 2.38. The summed E-state index contributed by atoms with van der Waals surface area (Å²) >= 11 is 0. The third-order valence-electron chi connectivity index (χ3n) is 6.40. The predicted octanol–water partition coefficient (Wildman–Crippen LogP) is 6.54. The maximum absolute atomic E-state index is 13.5. The van der Waals surface area contributed by atoms with E-state index in [-0.39, 0.29) is 12.6 Å². The predicted molar refractivity (Wildman–Crippen MR) is 135 cm³/mol. The van der Waals surface area contributed by atoms with Crippen LogP contribution in [0.5, 0.6) is 0 Å². The number of rotatable bonds is 9. The molecule has 2 unspecified atom stereocenters. The minimum Gasteiger partial charge on any atom is -0.326 e. The molecule has 2 aromatic rings. The number of hydrogen-bond donors (Lipinski definition) is 1. The Kier molecular flexibility index (Phi) is 9.99. The maximum Gasteiger partial charge on any atom is 0.416 e. The maximum atomic E-state index is 13.5. The average Bonchev–Trinajstić information content (AvgIpc) is 2.80. The van der Waals surface area contributed by atoms with Gasteiger partial charge < -0.3 is 15.1 Å². The first-order valence-electron chi connectivity index (χ1n) is 12.1. The number of para-hydroxylation sites is 1. The van der Waals surface area contributed by atoms with Crippen LogP contribution in [0.15, 0.2) is 36.4 Å². The zero-order valence-electron chi connectivity index (χ0n) is 22.2. The standard InChI is InChI=1S/C27H33F6N3O2/c1-7-11-35(5)15-22(18(4)25(38)36(6)23-16(2)9-8-10-17(23)3)24(37)34-21-13-19(26(28,29)30)12-20(14-21)27(31,32)33/h8-10,12-14,18,22H,7,11,15H2,1-6H3,(H,34,37). The number of aryl methyl sites for hydroxylation is 2. The Morgan fingerprint density at radius 2 is 1.42 bits per heavy atom. The van der Waals surface area contributed by atoms with E-state index in [1.54, 1.807) is 19.0 Å². The highest BCUT2D eigenvalue weighted by molar-refractivity contribution is 6.01. The summed E-state index contributed by atoms with van der Waals surface area (Å²) in [7, 11) is 3.30. The van der Waals surface area contributed by atoms with E-state index in [1.165, 1.54) is 11.8 Å². The largest absolute Gasteiger partial charge is 0.416 e. The number of anilines is 2. The molecule has 2 atom stereocenters. The fourth-order valence-electron chi connectivity index (χ4n) is 4.46. The zero-order chi connectivity index (χ0) is 29.0. The lowest BCUT2D eigenvalue weighted by Gasteiger charge is -2.31. The summed E-state index contributed by atoms with van der Waals surface area (Å²) in [5, 5.41) is 2.22. The Labute approximate surface area is 218 Å². The first kappa shape index (κ1) is 31.1. The number of hydrogen-bond acceptors (Lipinski definition) is 3. The Bertz CT molecular complexity index is 1090. The van der Waals surface area contributed by atoms with Crippen molar-refractivity contribution in [2.24, 2.45) is 11.8 Å². The Hall–Kier alpha value is -3.08. The Morgan fingerprint density at radius 3 is 1.87 bits per heavy atom. The van der Waals surface area contributed by atoms with Crippen LogP contribution in [0.25, 0.3) is 0 Å². The van der Waals surface area contributed by atoms with Crippen LogP contribution in [-0.4, -0.2) is 43.9 Å². The van der Waals surface area contributed by atoms with Crippen molar-refractivity contribution in [1.29, 1.82) is 0 Å². The molecule has 0 spiro atoms. The second-order valence-corrected chi connectivity index (χ2v) is 9.58. The van der Waals surface area contributed by atoms with Gasteiger partial charge in [-0.05, 0) is 63.2 Å². The van der Waals surface area contributed by atoms with E-state index in [1.807, 2.05) is 39.0 Å². The van der Waals surface area contributed by atoms with Gasteiger partial charge in [0.2, 0.25) is 11.8 Å². The number of carbonyl (C=O) groups is 2. The molecule has 0 saturated carbocycles. The summed E-state index contributed by atoms with van der Waals surface area (Å²) < 4.78 is 79.8. The lowest BCUT2D eigenvalue weighted by molar-refractivity contribution is -0.143. The number of nitrogens with one attached hydrogen (secondary N) is 1. The molecule has 210 valence electrons. The van der Waals surface area contributed by atoms with E-state index in [0.29, 0.717) is 24.4 Å². The van der Waals surface area contributed by atoms with Crippen molar-refractivity contribution >= 4 is 23.2 Å². The van der Waals surface area contributed by atoms with Gasteiger partial charge in [0.1, 0.15) is 0 Å². The highest BCUT2D eigenvalue weighted by Crippen LogP contribution is 2.38. The van der Waals surface area contributed by atoms with Crippen molar-refractivity contribution < 1.29 is 35.9 Å². The molecule has 0 bridgehead atoms. The van der Waals surface area contributed by atoms with Crippen molar-refractivity contribution in [1.82, 2.24) is 4.90 Å². The first-order valence-corrected chi connectivity index (χ1v) is 12.1. The summed E-state index contributed by atoms with van der Waals surface area (Å²) in [5.74, 6) is -3.26. The summed E-state index contributed by atoms with van der Waals surface area (Å²) in [6.45, 7) is 7.75. The van der Waals surface area contributed by atoms with E-state index in [4.69, 9.17) is 0 Å². The monoisotopic (exact) mass is 545 g/mol. The molecule has 2 aromatic carbocycles. The van der Waals surface area contributed by atoms with Crippen molar-refractivity contribution in [3.8, 4) is 0 Å². The summed E-state index contributed by atoms with van der Waals surface area (Å²) in [4.78, 5) is 30.1. The minimum atomic E-state index is -5.06. The molecule has 0 aliphatic carbocycles. The fourth-order valence-corrected chi connectivity index (χ4v) is 4.46. The molecule has 0 saturated heterocycles. The van der Waals surface area contributed by atoms with Crippen molar-refractivity contribution in [3.05, 3.63) is 58.7 Å². The summed E-state index contributed by atoms with van der Waals surface area (Å²) in [6, 6.07) is 6.41. The molecular formula is C27H33F6N3O2. The number of benzene rings is 2. The highest BCUT2D eigenvalue weighted by atomic mass is 19.4. The van der Waals surface area contributed by atoms with Gasteiger partial charge in [-0.3, -0.25) is 9.59 Å². The lowest BCUT2D eigenvalue weighted by Crippen LogP contribution is -2.44. The van der Waals surface area contributed by atoms with Crippen LogP contribution in [0.4, 0.5) is 37.7 Å². The van der Waals surface area contributed by atoms with Crippen LogP contribution in [0.1, 0.15) is 42.5 Å². The molecule has 11 heteroatoms. The quantitative estimate of drug-likeness (QED) is 0.364. The van der Waals surface area contributed by atoms with Gasteiger partial charge in [0.15, 0.2) is 0 Å². The van der Waals surface area contributed by atoms with Crippen LogP contribution in [0, 0.1) is 25.7 Å². The van der Waals surface area contributed by atoms with Crippen LogP contribution >= 0.6 is 0 Å². The molecule has 0 heterocycles. The molecule has 2 amide bonds. The van der Waals surface area contributed by atoms with Gasteiger partial charge in [-0.15, -0.1) is 0 Å². The van der Waals surface area contributed by atoms with Crippen LogP contribution < -0.4 is 10.2 Å². The van der Waals surface area contributed by atoms with Crippen molar-refractivity contribution in [2.45, 2.75) is 46.5 Å². The van der Waals surface area contributed by atoms with E-state index in [2.05, 4.69) is 5.32 Å². The summed E-state index contributed by atoms with van der Waals surface area (Å²) in [5.41, 5.74) is -1.40. The lowest BCUT2D eigenvalue weighted by atomic mass is 9.90. The molecule has 1 N–H and O–H groups in total. The molecule has 0 fully saturated rings. The molecule has 0 radical (unpaired) electrons. The molecule has 0 aromatic heterocycles. The third-order valence-corrected chi connectivity index (χ3v) is 6.40. The summed E-state index contributed by atoms with van der Waals surface area (Å²) in [6.07, 6.45) is -9.38. The Balaban J connectivity index is 2.45. The fraction of sp³-hybridized carbons (Fsp3) is 0.481. The molecule has 0 aliphatic heterocycles. The van der Waals surface area contributed by atoms with Gasteiger partial charge in [-0.1, -0.05) is 32.0 Å². The van der Waals surface area contributed by atoms with Gasteiger partial charge in [0, 0.05) is 30.9 Å². The van der Waals surface area contributed by atoms with Gasteiger partial charge in [0.25, 0.3) is 0 Å². The van der Waals surface area contributed by atoms with Crippen molar-refractivity contribution in [3.63, 3.8) is 0 Å². The zero-order valence-corrected chi connectivity index (χ0v) is 22.2. The minimum absolute atomic E-state index is 0.00615. The number of alkyl halides is 6. The average molecular weight is 546 g/mol. The van der Waals surface area contributed by atoms with Gasteiger partial charge in [-0.25, -0.2) is 0 Å². The SMILES string of the molecule is CCCN(C)CC(C(=O)Nc1cc(C(F)(F)F)cc(C(F)(F)F)c1)C(C)C(=O)N(C)c1c(C)cccc1C. The van der Waals surface area contributed by atoms with Gasteiger partial charge in [-0.2, -0.15) is 26.3 Å². The van der Waals surface area contributed by atoms with Crippen LogP contribution in [0.2, 0.25) is 0 Å². The molecule has 2 rings (SSSR count). The van der Waals surface area contributed by atoms with Crippen LogP contribution in [0.3, 0.4) is 0 Å². The van der Waals surface area contributed by atoms with Gasteiger partial charge >= 0.3 is 12.4 Å². The molecular weight excluding hydrogens is 512 g/mol. The number of halogens is 6. The molecule has 0 aliphatic rings. The Morgan fingerprint density at radius 1 is 0.921 bits per heavy atom. The van der Waals surface area contributed by atoms with E-state index in [9.17, 15) is 35.9 Å². The van der Waals surface area contributed by atoms with E-state index >= 15 is 0 Å². The number of nitrogens with zero attached hydrogens (tertiary/aromatic N) is 2. The number of amides is 2. The normalized spacial score (nSPS) is 13.8. The third kappa shape index (κ3) is 7.72. The van der Waals surface area contributed by atoms with E-state index in [0.717, 1.165) is 17.5 Å². The first-order chi connectivity index (χ1) is 17.5. The second-order valence-electron chi connectivity index (χ2n) is 9.58. The van der Waals surface area contributed by atoms with Gasteiger partial charge in [0.05, 0.1) is 17.0 Å². The van der Waals surface area contributed by atoms with Crippen molar-refractivity contribution in [2.75, 3.05) is 37.4 Å².